The van der Waals surface area contributed by atoms with Crippen LogP contribution in [0.4, 0.5) is 11.4 Å². The van der Waals surface area contributed by atoms with Gasteiger partial charge in [-0.3, -0.25) is 14.9 Å². The van der Waals surface area contributed by atoms with Gasteiger partial charge in [0.15, 0.2) is 0 Å². The highest BCUT2D eigenvalue weighted by Gasteiger charge is 2.17. The van der Waals surface area contributed by atoms with E-state index in [1.807, 2.05) is 6.92 Å². The minimum absolute atomic E-state index is 0.0168. The Hall–Kier alpha value is -1.95. The maximum Gasteiger partial charge on any atom is 0.274 e. The third-order valence-electron chi connectivity index (χ3n) is 2.70. The first-order valence-electron chi connectivity index (χ1n) is 5.77. The molecule has 98 valence electrons. The Morgan fingerprint density at radius 3 is 2.78 bits per heavy atom. The van der Waals surface area contributed by atoms with Crippen LogP contribution >= 0.6 is 0 Å². The molecule has 0 aromatic heterocycles. The summed E-state index contributed by atoms with van der Waals surface area (Å²) in [5.74, 6) is -0.319. The molecule has 1 atom stereocenters. The fraction of sp³-hybridized carbons (Fsp3) is 0.417. The van der Waals surface area contributed by atoms with Gasteiger partial charge in [0.1, 0.15) is 0 Å². The lowest BCUT2D eigenvalue weighted by molar-refractivity contribution is -0.385. The van der Waals surface area contributed by atoms with Crippen molar-refractivity contribution in [2.75, 3.05) is 5.32 Å². The molecule has 18 heavy (non-hydrogen) atoms. The maximum absolute atomic E-state index is 11.7. The van der Waals surface area contributed by atoms with Gasteiger partial charge in [0, 0.05) is 6.07 Å². The van der Waals surface area contributed by atoms with Gasteiger partial charge in [-0.1, -0.05) is 19.4 Å². The number of nitrogens with two attached hydrogens (primary N) is 1. The topological polar surface area (TPSA) is 98.3 Å². The van der Waals surface area contributed by atoms with Gasteiger partial charge in [0.25, 0.3) is 5.69 Å². The van der Waals surface area contributed by atoms with E-state index >= 15 is 0 Å². The molecule has 0 radical (unpaired) electrons. The van der Waals surface area contributed by atoms with Gasteiger partial charge >= 0.3 is 0 Å². The molecular weight excluding hydrogens is 234 g/mol. The highest BCUT2D eigenvalue weighted by atomic mass is 16.6. The van der Waals surface area contributed by atoms with Crippen molar-refractivity contribution in [1.82, 2.24) is 0 Å². The van der Waals surface area contributed by atoms with Crippen LogP contribution in [0, 0.1) is 17.0 Å². The van der Waals surface area contributed by atoms with Crippen molar-refractivity contribution >= 4 is 17.3 Å². The summed E-state index contributed by atoms with van der Waals surface area (Å²) in [5.41, 5.74) is 6.52. The summed E-state index contributed by atoms with van der Waals surface area (Å²) in [7, 11) is 0. The first-order valence-corrected chi connectivity index (χ1v) is 5.77. The number of nitro groups is 1. The van der Waals surface area contributed by atoms with Gasteiger partial charge in [0.2, 0.25) is 5.91 Å². The number of carbonyl (C=O) groups is 1. The van der Waals surface area contributed by atoms with Crippen molar-refractivity contribution in [2.45, 2.75) is 32.7 Å². The molecule has 0 saturated heterocycles. The first-order chi connectivity index (χ1) is 8.47. The number of nitro benzene ring substituents is 1. The third-order valence-corrected chi connectivity index (χ3v) is 2.70. The number of hydrogen-bond acceptors (Lipinski definition) is 4. The Balaban J connectivity index is 2.88. The molecule has 0 aliphatic carbocycles. The number of nitrogens with one attached hydrogen (secondary N) is 1. The lowest BCUT2D eigenvalue weighted by atomic mass is 10.1. The predicted molar refractivity (Wildman–Crippen MR) is 69.3 cm³/mol. The lowest BCUT2D eigenvalue weighted by Crippen LogP contribution is -2.35. The second-order valence-corrected chi connectivity index (χ2v) is 4.09. The molecule has 1 amide bonds. The zero-order valence-electron chi connectivity index (χ0n) is 10.5. The highest BCUT2D eigenvalue weighted by Crippen LogP contribution is 2.25. The smallest absolute Gasteiger partial charge is 0.274 e. The van der Waals surface area contributed by atoms with E-state index in [1.165, 1.54) is 12.1 Å². The first kappa shape index (κ1) is 14.1. The standard InChI is InChI=1S/C12H17N3O3/c1-3-5-9(13)12(16)14-10-6-4-7-11(8(10)2)15(17)18/h4,6-7,9H,3,5,13H2,1-2H3,(H,14,16). The van der Waals surface area contributed by atoms with Gasteiger partial charge in [0.05, 0.1) is 22.2 Å². The monoisotopic (exact) mass is 251 g/mol. The van der Waals surface area contributed by atoms with Crippen LogP contribution < -0.4 is 11.1 Å². The zero-order valence-corrected chi connectivity index (χ0v) is 10.5. The van der Waals surface area contributed by atoms with E-state index in [4.69, 9.17) is 5.73 Å². The Morgan fingerprint density at radius 2 is 2.22 bits per heavy atom. The summed E-state index contributed by atoms with van der Waals surface area (Å²) in [6, 6.07) is 3.97. The number of carbonyl (C=O) groups excluding carboxylic acids is 1. The Labute approximate surface area is 105 Å². The fourth-order valence-electron chi connectivity index (χ4n) is 1.62. The van der Waals surface area contributed by atoms with E-state index in [1.54, 1.807) is 13.0 Å². The molecule has 0 spiro atoms. The van der Waals surface area contributed by atoms with Gasteiger partial charge in [-0.15, -0.1) is 0 Å². The van der Waals surface area contributed by atoms with E-state index in [0.29, 0.717) is 17.7 Å². The van der Waals surface area contributed by atoms with E-state index < -0.39 is 11.0 Å². The Bertz CT molecular complexity index is 460. The Kier molecular flexibility index (Phi) is 4.79. The van der Waals surface area contributed by atoms with Crippen molar-refractivity contribution in [2.24, 2.45) is 5.73 Å². The number of anilines is 1. The van der Waals surface area contributed by atoms with Crippen molar-refractivity contribution in [3.63, 3.8) is 0 Å². The van der Waals surface area contributed by atoms with Crippen LogP contribution in [0.3, 0.4) is 0 Å². The van der Waals surface area contributed by atoms with Gasteiger partial charge in [-0.05, 0) is 19.4 Å². The van der Waals surface area contributed by atoms with Crippen LogP contribution in [0.5, 0.6) is 0 Å². The van der Waals surface area contributed by atoms with Crippen LogP contribution in [-0.2, 0) is 4.79 Å². The SMILES string of the molecule is CCCC(N)C(=O)Nc1cccc([N+](=O)[O-])c1C. The number of benzene rings is 1. The summed E-state index contributed by atoms with van der Waals surface area (Å²) >= 11 is 0. The number of rotatable bonds is 5. The van der Waals surface area contributed by atoms with Crippen LogP contribution in [0.15, 0.2) is 18.2 Å². The van der Waals surface area contributed by atoms with Crippen LogP contribution in [-0.4, -0.2) is 16.9 Å². The van der Waals surface area contributed by atoms with Crippen LogP contribution in [0.2, 0.25) is 0 Å². The molecule has 0 saturated carbocycles. The second-order valence-electron chi connectivity index (χ2n) is 4.09. The number of hydrogen-bond donors (Lipinski definition) is 2. The maximum atomic E-state index is 11.7. The molecule has 1 aromatic carbocycles. The molecule has 6 heteroatoms. The van der Waals surface area contributed by atoms with Crippen molar-refractivity contribution < 1.29 is 9.72 Å². The lowest BCUT2D eigenvalue weighted by Gasteiger charge is -2.12. The van der Waals surface area contributed by atoms with E-state index in [-0.39, 0.29) is 11.6 Å². The van der Waals surface area contributed by atoms with Gasteiger partial charge < -0.3 is 11.1 Å². The van der Waals surface area contributed by atoms with Crippen molar-refractivity contribution in [3.8, 4) is 0 Å². The summed E-state index contributed by atoms with van der Waals surface area (Å²) < 4.78 is 0. The molecule has 0 bridgehead atoms. The number of nitrogens with zero attached hydrogens (tertiary/aromatic N) is 1. The predicted octanol–water partition coefficient (Wildman–Crippen LogP) is 1.97. The molecule has 0 fully saturated rings. The quantitative estimate of drug-likeness (QED) is 0.617. The van der Waals surface area contributed by atoms with Crippen molar-refractivity contribution in [1.29, 1.82) is 0 Å². The third kappa shape index (κ3) is 3.27. The van der Waals surface area contributed by atoms with Crippen LogP contribution in [0.1, 0.15) is 25.3 Å². The van der Waals surface area contributed by atoms with Gasteiger partial charge in [-0.2, -0.15) is 0 Å². The molecular formula is C12H17N3O3. The van der Waals surface area contributed by atoms with Crippen molar-refractivity contribution in [3.05, 3.63) is 33.9 Å². The summed E-state index contributed by atoms with van der Waals surface area (Å²) in [5, 5.41) is 13.4. The molecule has 0 aliphatic heterocycles. The average Bonchev–Trinajstić information content (AvgIpc) is 2.31. The molecule has 6 nitrogen and oxygen atoms in total. The Morgan fingerprint density at radius 1 is 1.56 bits per heavy atom. The van der Waals surface area contributed by atoms with Crippen LogP contribution in [0.25, 0.3) is 0 Å². The molecule has 0 heterocycles. The zero-order chi connectivity index (χ0) is 13.7. The summed E-state index contributed by atoms with van der Waals surface area (Å²) in [4.78, 5) is 22.0. The fourth-order valence-corrected chi connectivity index (χ4v) is 1.62. The summed E-state index contributed by atoms with van der Waals surface area (Å²) in [6.45, 7) is 3.53. The second kappa shape index (κ2) is 6.11. The minimum atomic E-state index is -0.589. The van der Waals surface area contributed by atoms with E-state index in [2.05, 4.69) is 5.32 Å². The molecule has 1 rings (SSSR count). The number of amides is 1. The van der Waals surface area contributed by atoms with E-state index in [9.17, 15) is 14.9 Å². The van der Waals surface area contributed by atoms with E-state index in [0.717, 1.165) is 6.42 Å². The average molecular weight is 251 g/mol. The molecule has 1 unspecified atom stereocenters. The normalized spacial score (nSPS) is 11.9. The molecule has 1 aromatic rings. The molecule has 3 N–H and O–H groups in total. The summed E-state index contributed by atoms with van der Waals surface area (Å²) in [6.07, 6.45) is 1.39. The molecule has 0 aliphatic rings. The van der Waals surface area contributed by atoms with Gasteiger partial charge in [-0.25, -0.2) is 0 Å². The minimum Gasteiger partial charge on any atom is -0.324 e. The highest BCUT2D eigenvalue weighted by molar-refractivity contribution is 5.95. The largest absolute Gasteiger partial charge is 0.324 e.